The first-order valence-corrected chi connectivity index (χ1v) is 15.6. The Labute approximate surface area is 266 Å². The third-order valence-electron chi connectivity index (χ3n) is 7.30. The van der Waals surface area contributed by atoms with Crippen molar-refractivity contribution in [2.24, 2.45) is 4.99 Å². The van der Waals surface area contributed by atoms with Crippen LogP contribution in [-0.2, 0) is 22.6 Å². The van der Waals surface area contributed by atoms with Crippen LogP contribution in [0.5, 0.6) is 17.2 Å². The van der Waals surface area contributed by atoms with Gasteiger partial charge in [-0.15, -0.1) is 6.58 Å². The van der Waals surface area contributed by atoms with Gasteiger partial charge in [0.1, 0.15) is 12.4 Å². The summed E-state index contributed by atoms with van der Waals surface area (Å²) in [4.78, 5) is 32.6. The molecule has 8 nitrogen and oxygen atoms in total. The maximum atomic E-state index is 14.1. The Morgan fingerprint density at radius 2 is 1.78 bits per heavy atom. The predicted octanol–water partition coefficient (Wildman–Crippen LogP) is 5.51. The van der Waals surface area contributed by atoms with E-state index in [2.05, 4.69) is 11.6 Å². The fraction of sp³-hybridized carbons (Fsp3) is 0.250. The largest absolute Gasteiger partial charge is 0.493 e. The summed E-state index contributed by atoms with van der Waals surface area (Å²) >= 11 is 1.27. The van der Waals surface area contributed by atoms with E-state index in [9.17, 15) is 9.59 Å². The van der Waals surface area contributed by atoms with Gasteiger partial charge in [-0.05, 0) is 79.8 Å². The van der Waals surface area contributed by atoms with E-state index in [-0.39, 0.29) is 12.2 Å². The number of esters is 1. The fourth-order valence-electron chi connectivity index (χ4n) is 5.27. The van der Waals surface area contributed by atoms with Gasteiger partial charge in [-0.1, -0.05) is 59.9 Å². The average Bonchev–Trinajstić information content (AvgIpc) is 3.34. The third kappa shape index (κ3) is 6.78. The van der Waals surface area contributed by atoms with E-state index in [1.165, 1.54) is 11.3 Å². The molecule has 1 aromatic heterocycles. The van der Waals surface area contributed by atoms with Crippen LogP contribution in [0.25, 0.3) is 6.08 Å². The molecular formula is C36H36N2O6S. The smallest absolute Gasteiger partial charge is 0.338 e. The lowest BCUT2D eigenvalue weighted by atomic mass is 9.95. The minimum absolute atomic E-state index is 0.192. The molecule has 0 bridgehead atoms. The summed E-state index contributed by atoms with van der Waals surface area (Å²) in [7, 11) is 1.57. The molecule has 0 radical (unpaired) electrons. The lowest BCUT2D eigenvalue weighted by Crippen LogP contribution is -2.40. The van der Waals surface area contributed by atoms with Crippen molar-refractivity contribution < 1.29 is 23.7 Å². The van der Waals surface area contributed by atoms with Crippen LogP contribution in [0.3, 0.4) is 0 Å². The van der Waals surface area contributed by atoms with Crippen LogP contribution in [0.1, 0.15) is 49.1 Å². The number of rotatable bonds is 12. The van der Waals surface area contributed by atoms with E-state index in [1.807, 2.05) is 73.7 Å². The van der Waals surface area contributed by atoms with Gasteiger partial charge in [-0.2, -0.15) is 0 Å². The summed E-state index contributed by atoms with van der Waals surface area (Å²) in [6.45, 7) is 10.4. The van der Waals surface area contributed by atoms with Gasteiger partial charge in [0.2, 0.25) is 0 Å². The number of thiazole rings is 1. The van der Waals surface area contributed by atoms with Gasteiger partial charge < -0.3 is 18.9 Å². The molecule has 0 saturated heterocycles. The molecule has 0 unspecified atom stereocenters. The molecule has 1 aliphatic heterocycles. The topological polar surface area (TPSA) is 88.4 Å². The van der Waals surface area contributed by atoms with Crippen molar-refractivity contribution in [2.75, 3.05) is 20.3 Å². The van der Waals surface area contributed by atoms with Crippen LogP contribution in [0.4, 0.5) is 0 Å². The Hall–Kier alpha value is -4.89. The Kier molecular flexibility index (Phi) is 9.99. The molecular weight excluding hydrogens is 588 g/mol. The maximum absolute atomic E-state index is 14.1. The average molecular weight is 625 g/mol. The van der Waals surface area contributed by atoms with Crippen LogP contribution in [0, 0.1) is 0 Å². The molecule has 4 aromatic rings. The van der Waals surface area contributed by atoms with E-state index < -0.39 is 12.0 Å². The van der Waals surface area contributed by atoms with Gasteiger partial charge in [-0.25, -0.2) is 9.79 Å². The number of nitrogens with zero attached hydrogens (tertiary/aromatic N) is 2. The number of aromatic nitrogens is 1. The number of hydrogen-bond acceptors (Lipinski definition) is 8. The first-order chi connectivity index (χ1) is 21.9. The zero-order valence-corrected chi connectivity index (χ0v) is 26.7. The van der Waals surface area contributed by atoms with Crippen molar-refractivity contribution in [3.8, 4) is 17.2 Å². The van der Waals surface area contributed by atoms with Crippen molar-refractivity contribution in [1.29, 1.82) is 0 Å². The Morgan fingerprint density at radius 3 is 2.49 bits per heavy atom. The van der Waals surface area contributed by atoms with Gasteiger partial charge >= 0.3 is 5.97 Å². The third-order valence-corrected chi connectivity index (χ3v) is 8.29. The summed E-state index contributed by atoms with van der Waals surface area (Å²) in [5.41, 5.74) is 4.08. The molecule has 1 aliphatic rings. The van der Waals surface area contributed by atoms with E-state index in [0.717, 1.165) is 22.4 Å². The van der Waals surface area contributed by atoms with E-state index in [0.29, 0.717) is 57.3 Å². The summed E-state index contributed by atoms with van der Waals surface area (Å²) < 4.78 is 24.9. The van der Waals surface area contributed by atoms with Gasteiger partial charge in [0.15, 0.2) is 16.3 Å². The standard InChI is InChI=1S/C36H36N2O6S/c1-6-12-26-19-25(15-17-28(26)44-22-24-13-10-9-11-14-24)20-31-34(39)38-33(27-16-18-29(41-5)30(21-27)42-7-2)32(35(40)43-8-3)23(4)37-36(38)45-31/h6,9-11,13-21,33H,1,7-8,12,22H2,2-5H3/b31-20+/t33-/m1/s1. The number of carbonyl (C=O) groups is 1. The van der Waals surface area contributed by atoms with Crippen molar-refractivity contribution in [1.82, 2.24) is 4.57 Å². The second-order valence-corrected chi connectivity index (χ2v) is 11.3. The summed E-state index contributed by atoms with van der Waals surface area (Å²) in [5.74, 6) is 1.31. The molecule has 0 spiro atoms. The van der Waals surface area contributed by atoms with Crippen LogP contribution >= 0.6 is 11.3 Å². The molecule has 45 heavy (non-hydrogen) atoms. The number of ether oxygens (including phenoxy) is 4. The number of allylic oxidation sites excluding steroid dienone is 2. The fourth-order valence-corrected chi connectivity index (χ4v) is 6.32. The van der Waals surface area contributed by atoms with Gasteiger partial charge in [0.25, 0.3) is 5.56 Å². The number of hydrogen-bond donors (Lipinski definition) is 0. The second-order valence-electron chi connectivity index (χ2n) is 10.3. The lowest BCUT2D eigenvalue weighted by molar-refractivity contribution is -0.139. The Balaban J connectivity index is 1.59. The number of methoxy groups -OCH3 is 1. The van der Waals surface area contributed by atoms with E-state index >= 15 is 0 Å². The minimum Gasteiger partial charge on any atom is -0.493 e. The minimum atomic E-state index is -0.766. The van der Waals surface area contributed by atoms with Crippen molar-refractivity contribution in [2.45, 2.75) is 39.8 Å². The van der Waals surface area contributed by atoms with Crippen molar-refractivity contribution >= 4 is 23.4 Å². The molecule has 232 valence electrons. The Bertz CT molecular complexity index is 1920. The Morgan fingerprint density at radius 1 is 1.00 bits per heavy atom. The molecule has 0 saturated carbocycles. The highest BCUT2D eigenvalue weighted by Gasteiger charge is 2.34. The molecule has 0 amide bonds. The molecule has 0 aliphatic carbocycles. The van der Waals surface area contributed by atoms with E-state index in [1.54, 1.807) is 37.7 Å². The molecule has 5 rings (SSSR count). The monoisotopic (exact) mass is 624 g/mol. The first kappa shape index (κ1) is 31.5. The quantitative estimate of drug-likeness (QED) is 0.153. The summed E-state index contributed by atoms with van der Waals surface area (Å²) in [5, 5.41) is 0. The first-order valence-electron chi connectivity index (χ1n) is 14.8. The van der Waals surface area contributed by atoms with E-state index in [4.69, 9.17) is 18.9 Å². The van der Waals surface area contributed by atoms with Crippen LogP contribution < -0.4 is 29.1 Å². The highest BCUT2D eigenvalue weighted by molar-refractivity contribution is 7.07. The van der Waals surface area contributed by atoms with Gasteiger partial charge in [-0.3, -0.25) is 9.36 Å². The number of fused-ring (bicyclic) bond motifs is 1. The highest BCUT2D eigenvalue weighted by Crippen LogP contribution is 2.36. The highest BCUT2D eigenvalue weighted by atomic mass is 32.1. The molecule has 3 aromatic carbocycles. The maximum Gasteiger partial charge on any atom is 0.338 e. The lowest BCUT2D eigenvalue weighted by Gasteiger charge is -2.25. The second kappa shape index (κ2) is 14.3. The van der Waals surface area contributed by atoms with Crippen molar-refractivity contribution in [3.63, 3.8) is 0 Å². The molecule has 2 heterocycles. The zero-order chi connectivity index (χ0) is 31.9. The van der Waals surface area contributed by atoms with Gasteiger partial charge in [0, 0.05) is 0 Å². The molecule has 0 N–H and O–H groups in total. The van der Waals surface area contributed by atoms with Crippen LogP contribution in [-0.4, -0.2) is 30.9 Å². The summed E-state index contributed by atoms with van der Waals surface area (Å²) in [6, 6.07) is 20.5. The van der Waals surface area contributed by atoms with Crippen LogP contribution in [0.2, 0.25) is 0 Å². The molecule has 1 atom stereocenters. The van der Waals surface area contributed by atoms with Gasteiger partial charge in [0.05, 0.1) is 42.2 Å². The summed E-state index contributed by atoms with van der Waals surface area (Å²) in [6.07, 6.45) is 4.28. The van der Waals surface area contributed by atoms with Crippen LogP contribution in [0.15, 0.2) is 100 Å². The normalized spacial score (nSPS) is 14.4. The SMILES string of the molecule is C=CCc1cc(/C=c2/sc3n(c2=O)[C@H](c2ccc(OC)c(OCC)c2)C(C(=O)OCC)=C(C)N=3)ccc1OCc1ccccc1. The number of benzene rings is 3. The molecule has 9 heteroatoms. The predicted molar refractivity (Wildman–Crippen MR) is 176 cm³/mol. The van der Waals surface area contributed by atoms with Crippen molar-refractivity contribution in [3.05, 3.63) is 133 Å². The zero-order valence-electron chi connectivity index (χ0n) is 25.9. The molecule has 0 fully saturated rings. The number of carbonyl (C=O) groups excluding carboxylic acids is 1.